The van der Waals surface area contributed by atoms with E-state index in [0.29, 0.717) is 0 Å². The average molecular weight is 214 g/mol. The summed E-state index contributed by atoms with van der Waals surface area (Å²) in [6.45, 7) is 3.82. The van der Waals surface area contributed by atoms with E-state index < -0.39 is 6.10 Å². The Morgan fingerprint density at radius 1 is 0.938 bits per heavy atom. The number of rotatable bonds is 2. The molecule has 0 amide bonds. The van der Waals surface area contributed by atoms with Crippen LogP contribution >= 0.6 is 0 Å². The van der Waals surface area contributed by atoms with E-state index in [1.807, 2.05) is 38.1 Å². The number of pyridine rings is 2. The first-order chi connectivity index (χ1) is 7.66. The number of aromatic nitrogens is 2. The molecule has 0 atom stereocenters. The molecule has 82 valence electrons. The summed E-state index contributed by atoms with van der Waals surface area (Å²) in [4.78, 5) is 8.22. The Bertz CT molecular complexity index is 451. The highest BCUT2D eigenvalue weighted by Gasteiger charge is 2.10. The van der Waals surface area contributed by atoms with Gasteiger partial charge in [-0.3, -0.25) is 9.97 Å². The lowest BCUT2D eigenvalue weighted by Crippen LogP contribution is -2.01. The van der Waals surface area contributed by atoms with Crippen LogP contribution in [-0.2, 0) is 0 Å². The van der Waals surface area contributed by atoms with Crippen molar-refractivity contribution in [3.8, 4) is 0 Å². The van der Waals surface area contributed by atoms with Crippen LogP contribution in [-0.4, -0.2) is 15.1 Å². The first-order valence-corrected chi connectivity index (χ1v) is 5.20. The van der Waals surface area contributed by atoms with Gasteiger partial charge in [0, 0.05) is 23.8 Å². The number of hydrogen-bond acceptors (Lipinski definition) is 3. The highest BCUT2D eigenvalue weighted by atomic mass is 16.3. The van der Waals surface area contributed by atoms with Crippen molar-refractivity contribution in [1.82, 2.24) is 9.97 Å². The van der Waals surface area contributed by atoms with Crippen molar-refractivity contribution in [1.29, 1.82) is 0 Å². The van der Waals surface area contributed by atoms with Gasteiger partial charge in [-0.15, -0.1) is 0 Å². The molecule has 3 nitrogen and oxygen atoms in total. The molecule has 16 heavy (non-hydrogen) atoms. The Labute approximate surface area is 94.8 Å². The molecule has 0 aliphatic rings. The molecule has 0 radical (unpaired) electrons. The smallest absolute Gasteiger partial charge is 0.104 e. The van der Waals surface area contributed by atoms with Gasteiger partial charge in [-0.2, -0.15) is 0 Å². The van der Waals surface area contributed by atoms with Gasteiger partial charge in [0.1, 0.15) is 6.10 Å². The van der Waals surface area contributed by atoms with Gasteiger partial charge < -0.3 is 5.11 Å². The van der Waals surface area contributed by atoms with Crippen LogP contribution in [0.2, 0.25) is 0 Å². The Morgan fingerprint density at radius 2 is 1.38 bits per heavy atom. The number of aryl methyl sites for hydroxylation is 2. The summed E-state index contributed by atoms with van der Waals surface area (Å²) >= 11 is 0. The molecule has 0 saturated carbocycles. The van der Waals surface area contributed by atoms with E-state index in [2.05, 4.69) is 9.97 Å². The summed E-state index contributed by atoms with van der Waals surface area (Å²) < 4.78 is 0. The van der Waals surface area contributed by atoms with Crippen molar-refractivity contribution in [2.24, 2.45) is 0 Å². The lowest BCUT2D eigenvalue weighted by molar-refractivity contribution is 0.220. The Balaban J connectivity index is 2.35. The predicted molar refractivity (Wildman–Crippen MR) is 62.0 cm³/mol. The molecule has 0 aliphatic carbocycles. The highest BCUT2D eigenvalue weighted by Crippen LogP contribution is 2.21. The number of aliphatic hydroxyl groups is 1. The highest BCUT2D eigenvalue weighted by molar-refractivity contribution is 5.29. The standard InChI is InChI=1S/C13H14N2O/c1-9-7-11(3-5-14-9)13(16)12-4-6-15-10(2)8-12/h3-8,13,16H,1-2H3. The molecule has 2 rings (SSSR count). The molecule has 3 heteroatoms. The lowest BCUT2D eigenvalue weighted by Gasteiger charge is -2.11. The molecule has 2 aromatic heterocycles. The van der Waals surface area contributed by atoms with E-state index in [1.165, 1.54) is 0 Å². The first kappa shape index (κ1) is 10.8. The van der Waals surface area contributed by atoms with Crippen molar-refractivity contribution in [3.63, 3.8) is 0 Å². The van der Waals surface area contributed by atoms with Crippen LogP contribution in [0.3, 0.4) is 0 Å². The van der Waals surface area contributed by atoms with E-state index in [4.69, 9.17) is 0 Å². The SMILES string of the molecule is Cc1cc(C(O)c2ccnc(C)c2)ccn1. The topological polar surface area (TPSA) is 46.0 Å². The van der Waals surface area contributed by atoms with E-state index >= 15 is 0 Å². The molecule has 0 fully saturated rings. The summed E-state index contributed by atoms with van der Waals surface area (Å²) in [7, 11) is 0. The van der Waals surface area contributed by atoms with Gasteiger partial charge in [-0.1, -0.05) is 0 Å². The normalized spacial score (nSPS) is 10.8. The molecule has 0 saturated heterocycles. The largest absolute Gasteiger partial charge is 0.384 e. The minimum absolute atomic E-state index is 0.608. The molecule has 0 bridgehead atoms. The third kappa shape index (κ3) is 2.25. The van der Waals surface area contributed by atoms with Gasteiger partial charge in [0.15, 0.2) is 0 Å². The molecule has 0 spiro atoms. The van der Waals surface area contributed by atoms with Crippen LogP contribution in [0.1, 0.15) is 28.6 Å². The van der Waals surface area contributed by atoms with Crippen molar-refractivity contribution in [2.45, 2.75) is 20.0 Å². The third-order valence-corrected chi connectivity index (χ3v) is 2.47. The Kier molecular flexibility index (Phi) is 2.97. The van der Waals surface area contributed by atoms with Gasteiger partial charge >= 0.3 is 0 Å². The molecule has 2 aromatic rings. The van der Waals surface area contributed by atoms with Gasteiger partial charge in [0.25, 0.3) is 0 Å². The van der Waals surface area contributed by atoms with Crippen LogP contribution < -0.4 is 0 Å². The molecule has 0 unspecified atom stereocenters. The minimum Gasteiger partial charge on any atom is -0.384 e. The fraction of sp³-hybridized carbons (Fsp3) is 0.231. The molecular weight excluding hydrogens is 200 g/mol. The molecule has 2 heterocycles. The maximum absolute atomic E-state index is 10.2. The zero-order chi connectivity index (χ0) is 11.5. The number of aliphatic hydroxyl groups excluding tert-OH is 1. The Morgan fingerprint density at radius 3 is 1.75 bits per heavy atom. The maximum Gasteiger partial charge on any atom is 0.104 e. The molecule has 1 N–H and O–H groups in total. The van der Waals surface area contributed by atoms with Crippen LogP contribution in [0.4, 0.5) is 0 Å². The summed E-state index contributed by atoms with van der Waals surface area (Å²) in [6, 6.07) is 7.43. The third-order valence-electron chi connectivity index (χ3n) is 2.47. The van der Waals surface area contributed by atoms with Gasteiger partial charge in [-0.25, -0.2) is 0 Å². The second kappa shape index (κ2) is 4.41. The lowest BCUT2D eigenvalue weighted by atomic mass is 10.0. The van der Waals surface area contributed by atoms with Gasteiger partial charge in [0.05, 0.1) is 0 Å². The van der Waals surface area contributed by atoms with Crippen LogP contribution in [0.15, 0.2) is 36.7 Å². The average Bonchev–Trinajstić information content (AvgIpc) is 2.28. The zero-order valence-corrected chi connectivity index (χ0v) is 9.38. The van der Waals surface area contributed by atoms with E-state index in [1.54, 1.807) is 12.4 Å². The zero-order valence-electron chi connectivity index (χ0n) is 9.38. The van der Waals surface area contributed by atoms with Crippen LogP contribution in [0.25, 0.3) is 0 Å². The fourth-order valence-electron chi connectivity index (χ4n) is 1.67. The molecule has 0 aromatic carbocycles. The van der Waals surface area contributed by atoms with Crippen molar-refractivity contribution < 1.29 is 5.11 Å². The maximum atomic E-state index is 10.2. The van der Waals surface area contributed by atoms with E-state index in [0.717, 1.165) is 22.5 Å². The second-order valence-corrected chi connectivity index (χ2v) is 3.86. The molecule has 0 aliphatic heterocycles. The second-order valence-electron chi connectivity index (χ2n) is 3.86. The summed E-state index contributed by atoms with van der Waals surface area (Å²) in [5.74, 6) is 0. The fourth-order valence-corrected chi connectivity index (χ4v) is 1.67. The quantitative estimate of drug-likeness (QED) is 0.833. The Hall–Kier alpha value is -1.74. The first-order valence-electron chi connectivity index (χ1n) is 5.20. The van der Waals surface area contributed by atoms with Gasteiger partial charge in [0.2, 0.25) is 0 Å². The monoisotopic (exact) mass is 214 g/mol. The van der Waals surface area contributed by atoms with Crippen molar-refractivity contribution in [2.75, 3.05) is 0 Å². The summed E-state index contributed by atoms with van der Waals surface area (Å²) in [5.41, 5.74) is 3.53. The molecular formula is C13H14N2O. The van der Waals surface area contributed by atoms with E-state index in [-0.39, 0.29) is 0 Å². The van der Waals surface area contributed by atoms with Crippen molar-refractivity contribution >= 4 is 0 Å². The predicted octanol–water partition coefficient (Wildman–Crippen LogP) is 2.18. The van der Waals surface area contributed by atoms with Crippen LogP contribution in [0.5, 0.6) is 0 Å². The minimum atomic E-state index is -0.608. The summed E-state index contributed by atoms with van der Waals surface area (Å²) in [6.07, 6.45) is 2.81. The van der Waals surface area contributed by atoms with Crippen LogP contribution in [0, 0.1) is 13.8 Å². The van der Waals surface area contributed by atoms with Crippen molar-refractivity contribution in [3.05, 3.63) is 59.2 Å². The summed E-state index contributed by atoms with van der Waals surface area (Å²) in [5, 5.41) is 10.2. The van der Waals surface area contributed by atoms with Gasteiger partial charge in [-0.05, 0) is 49.2 Å². The van der Waals surface area contributed by atoms with E-state index in [9.17, 15) is 5.11 Å². The number of hydrogen-bond donors (Lipinski definition) is 1. The number of nitrogens with zero attached hydrogens (tertiary/aromatic N) is 2.